The summed E-state index contributed by atoms with van der Waals surface area (Å²) in [7, 11) is 0. The summed E-state index contributed by atoms with van der Waals surface area (Å²) in [5, 5.41) is 29.3. The molecule has 0 aromatic carbocycles. The fraction of sp³-hybridized carbons (Fsp3) is 0.333. The molecule has 1 atom stereocenters. The Labute approximate surface area is 96.8 Å². The smallest absolute Gasteiger partial charge is 0.189 e. The first kappa shape index (κ1) is 12.8. The standard InChI is InChI=1S/C9H13N3O3S/c10-9(12-15)8-7(2-1-3-11-8)16-5-6(14)4-13/h1-3,6,13-15H,4-5H2,(H2,10,12). The van der Waals surface area contributed by atoms with Crippen molar-refractivity contribution in [1.29, 1.82) is 0 Å². The van der Waals surface area contributed by atoms with Crippen molar-refractivity contribution in [2.45, 2.75) is 11.0 Å². The van der Waals surface area contributed by atoms with Crippen LogP contribution in [-0.4, -0.2) is 44.7 Å². The quantitative estimate of drug-likeness (QED) is 0.184. The van der Waals surface area contributed by atoms with Gasteiger partial charge in [-0.05, 0) is 12.1 Å². The normalized spacial score (nSPS) is 13.8. The molecule has 1 heterocycles. The van der Waals surface area contributed by atoms with Gasteiger partial charge in [0.2, 0.25) is 0 Å². The Morgan fingerprint density at radius 2 is 2.38 bits per heavy atom. The van der Waals surface area contributed by atoms with Gasteiger partial charge in [0.1, 0.15) is 5.69 Å². The summed E-state index contributed by atoms with van der Waals surface area (Å²) in [4.78, 5) is 4.66. The van der Waals surface area contributed by atoms with E-state index >= 15 is 0 Å². The maximum atomic E-state index is 9.20. The molecular weight excluding hydrogens is 230 g/mol. The van der Waals surface area contributed by atoms with Crippen LogP contribution < -0.4 is 5.73 Å². The molecule has 0 amide bonds. The molecule has 16 heavy (non-hydrogen) atoms. The lowest BCUT2D eigenvalue weighted by Gasteiger charge is -2.09. The summed E-state index contributed by atoms with van der Waals surface area (Å²) < 4.78 is 0. The summed E-state index contributed by atoms with van der Waals surface area (Å²) in [6, 6.07) is 3.46. The Morgan fingerprint density at radius 3 is 3.00 bits per heavy atom. The molecule has 5 N–H and O–H groups in total. The zero-order chi connectivity index (χ0) is 12.0. The van der Waals surface area contributed by atoms with Crippen LogP contribution in [0.3, 0.4) is 0 Å². The number of amidine groups is 1. The van der Waals surface area contributed by atoms with E-state index in [0.29, 0.717) is 16.3 Å². The largest absolute Gasteiger partial charge is 0.409 e. The van der Waals surface area contributed by atoms with Crippen LogP contribution in [0, 0.1) is 0 Å². The van der Waals surface area contributed by atoms with E-state index in [2.05, 4.69) is 10.1 Å². The van der Waals surface area contributed by atoms with E-state index in [-0.39, 0.29) is 12.4 Å². The zero-order valence-electron chi connectivity index (χ0n) is 8.45. The number of aromatic nitrogens is 1. The number of aliphatic hydroxyl groups excluding tert-OH is 2. The van der Waals surface area contributed by atoms with Crippen LogP contribution in [0.15, 0.2) is 28.4 Å². The Morgan fingerprint density at radius 1 is 1.62 bits per heavy atom. The van der Waals surface area contributed by atoms with Crippen LogP contribution in [0.4, 0.5) is 0 Å². The molecule has 0 fully saturated rings. The third-order valence-corrected chi connectivity index (χ3v) is 2.95. The van der Waals surface area contributed by atoms with Crippen LogP contribution in [0.2, 0.25) is 0 Å². The summed E-state index contributed by atoms with van der Waals surface area (Å²) in [6.45, 7) is -0.299. The summed E-state index contributed by atoms with van der Waals surface area (Å²) in [5.74, 6) is 0.232. The molecule has 88 valence electrons. The first-order valence-electron chi connectivity index (χ1n) is 4.53. The van der Waals surface area contributed by atoms with Crippen molar-refractivity contribution in [2.24, 2.45) is 10.9 Å². The van der Waals surface area contributed by atoms with Crippen molar-refractivity contribution in [3.05, 3.63) is 24.0 Å². The van der Waals surface area contributed by atoms with Gasteiger partial charge in [-0.25, -0.2) is 0 Å². The highest BCUT2D eigenvalue weighted by atomic mass is 32.2. The van der Waals surface area contributed by atoms with Gasteiger partial charge in [0, 0.05) is 16.8 Å². The molecule has 6 nitrogen and oxygen atoms in total. The maximum absolute atomic E-state index is 9.20. The summed E-state index contributed by atoms with van der Waals surface area (Å²) >= 11 is 1.28. The monoisotopic (exact) mass is 243 g/mol. The second-order valence-corrected chi connectivity index (χ2v) is 4.04. The number of thioether (sulfide) groups is 1. The van der Waals surface area contributed by atoms with Gasteiger partial charge in [-0.2, -0.15) is 0 Å². The number of rotatable bonds is 5. The summed E-state index contributed by atoms with van der Waals surface area (Å²) in [6.07, 6.45) is 0.727. The fourth-order valence-corrected chi connectivity index (χ4v) is 1.93. The van der Waals surface area contributed by atoms with Gasteiger partial charge >= 0.3 is 0 Å². The van der Waals surface area contributed by atoms with Crippen molar-refractivity contribution in [3.63, 3.8) is 0 Å². The van der Waals surface area contributed by atoms with Gasteiger partial charge < -0.3 is 21.2 Å². The van der Waals surface area contributed by atoms with E-state index in [0.717, 1.165) is 0 Å². The lowest BCUT2D eigenvalue weighted by atomic mass is 10.3. The number of pyridine rings is 1. The van der Waals surface area contributed by atoms with Gasteiger partial charge in [-0.1, -0.05) is 5.16 Å². The van der Waals surface area contributed by atoms with Crippen molar-refractivity contribution in [3.8, 4) is 0 Å². The minimum atomic E-state index is -0.801. The van der Waals surface area contributed by atoms with Crippen molar-refractivity contribution in [1.82, 2.24) is 4.98 Å². The lowest BCUT2D eigenvalue weighted by molar-refractivity contribution is 0.113. The molecule has 7 heteroatoms. The lowest BCUT2D eigenvalue weighted by Crippen LogP contribution is -2.18. The molecule has 0 spiro atoms. The molecule has 0 saturated heterocycles. The topological polar surface area (TPSA) is 112 Å². The Kier molecular flexibility index (Phi) is 5.03. The second-order valence-electron chi connectivity index (χ2n) is 2.98. The van der Waals surface area contributed by atoms with Crippen LogP contribution in [0.5, 0.6) is 0 Å². The molecule has 0 saturated carbocycles. The minimum absolute atomic E-state index is 0.0819. The van der Waals surface area contributed by atoms with Crippen LogP contribution in [0.25, 0.3) is 0 Å². The van der Waals surface area contributed by atoms with Gasteiger partial charge in [0.05, 0.1) is 12.7 Å². The van der Waals surface area contributed by atoms with Crippen molar-refractivity contribution < 1.29 is 15.4 Å². The highest BCUT2D eigenvalue weighted by molar-refractivity contribution is 7.99. The molecule has 0 radical (unpaired) electrons. The molecule has 1 rings (SSSR count). The number of aliphatic hydroxyl groups is 2. The molecule has 0 aliphatic carbocycles. The predicted molar refractivity (Wildman–Crippen MR) is 60.6 cm³/mol. The van der Waals surface area contributed by atoms with Crippen molar-refractivity contribution in [2.75, 3.05) is 12.4 Å². The van der Waals surface area contributed by atoms with E-state index in [1.54, 1.807) is 12.1 Å². The van der Waals surface area contributed by atoms with Gasteiger partial charge in [-0.15, -0.1) is 11.8 Å². The number of hydrogen-bond donors (Lipinski definition) is 4. The molecule has 0 bridgehead atoms. The highest BCUT2D eigenvalue weighted by Crippen LogP contribution is 2.21. The molecular formula is C9H13N3O3S. The van der Waals surface area contributed by atoms with Gasteiger partial charge in [0.25, 0.3) is 0 Å². The Balaban J connectivity index is 2.79. The van der Waals surface area contributed by atoms with Crippen molar-refractivity contribution >= 4 is 17.6 Å². The van der Waals surface area contributed by atoms with E-state index in [9.17, 15) is 5.11 Å². The second kappa shape index (κ2) is 6.31. The van der Waals surface area contributed by atoms with Crippen LogP contribution in [0.1, 0.15) is 5.69 Å². The SMILES string of the molecule is N/C(=N/O)c1ncccc1SCC(O)CO. The van der Waals surface area contributed by atoms with Crippen LogP contribution >= 0.6 is 11.8 Å². The van der Waals surface area contributed by atoms with E-state index in [1.807, 2.05) is 0 Å². The molecule has 1 aromatic rings. The first-order chi connectivity index (χ1) is 7.69. The number of hydrogen-bond acceptors (Lipinski definition) is 6. The number of nitrogens with zero attached hydrogens (tertiary/aromatic N) is 2. The zero-order valence-corrected chi connectivity index (χ0v) is 9.26. The molecule has 0 aliphatic heterocycles. The molecule has 1 aromatic heterocycles. The minimum Gasteiger partial charge on any atom is -0.409 e. The van der Waals surface area contributed by atoms with Gasteiger partial charge in [0.15, 0.2) is 5.84 Å². The van der Waals surface area contributed by atoms with E-state index < -0.39 is 6.10 Å². The summed E-state index contributed by atoms with van der Waals surface area (Å²) in [5.41, 5.74) is 5.81. The highest BCUT2D eigenvalue weighted by Gasteiger charge is 2.10. The number of nitrogens with two attached hydrogens (primary N) is 1. The predicted octanol–water partition coefficient (Wildman–Crippen LogP) is -0.379. The first-order valence-corrected chi connectivity index (χ1v) is 5.52. The fourth-order valence-electron chi connectivity index (χ4n) is 0.985. The Bertz CT molecular complexity index is 373. The Hall–Kier alpha value is -1.31. The van der Waals surface area contributed by atoms with E-state index in [1.165, 1.54) is 18.0 Å². The van der Waals surface area contributed by atoms with Crippen LogP contribution in [-0.2, 0) is 0 Å². The van der Waals surface area contributed by atoms with E-state index in [4.69, 9.17) is 16.0 Å². The molecule has 0 aliphatic rings. The average molecular weight is 243 g/mol. The number of oxime groups is 1. The third-order valence-electron chi connectivity index (χ3n) is 1.76. The maximum Gasteiger partial charge on any atom is 0.189 e. The molecule has 1 unspecified atom stereocenters. The average Bonchev–Trinajstić information content (AvgIpc) is 2.35. The van der Waals surface area contributed by atoms with Gasteiger partial charge in [-0.3, -0.25) is 4.98 Å². The third kappa shape index (κ3) is 3.37.